The molecule has 0 bridgehead atoms. The Hall–Kier alpha value is -2.70. The van der Waals surface area contributed by atoms with E-state index in [0.717, 1.165) is 17.4 Å². The number of carbonyl (C=O) groups excluding carboxylic acids is 1. The van der Waals surface area contributed by atoms with Crippen LogP contribution in [0.15, 0.2) is 48.5 Å². The minimum absolute atomic E-state index is 0.275. The van der Waals surface area contributed by atoms with Crippen molar-refractivity contribution in [3.63, 3.8) is 0 Å². The fourth-order valence-corrected chi connectivity index (χ4v) is 2.10. The second-order valence-corrected chi connectivity index (χ2v) is 5.44. The maximum absolute atomic E-state index is 12.8. The van der Waals surface area contributed by atoms with Crippen LogP contribution in [0.2, 0.25) is 0 Å². The van der Waals surface area contributed by atoms with Crippen LogP contribution >= 0.6 is 0 Å². The van der Waals surface area contributed by atoms with Crippen molar-refractivity contribution in [1.29, 1.82) is 0 Å². The van der Waals surface area contributed by atoms with Gasteiger partial charge in [0.05, 0.1) is 17.9 Å². The number of aryl methyl sites for hydroxylation is 1. The second kappa shape index (κ2) is 8.41. The number of nitrogens with one attached hydrogen (secondary N) is 2. The zero-order chi connectivity index (χ0) is 18.3. The molecule has 0 saturated heterocycles. The molecule has 2 amide bonds. The summed E-state index contributed by atoms with van der Waals surface area (Å²) in [5, 5.41) is 4.73. The molecule has 0 heterocycles. The van der Waals surface area contributed by atoms with Gasteiger partial charge in [0.15, 0.2) is 0 Å². The van der Waals surface area contributed by atoms with Gasteiger partial charge in [-0.05, 0) is 37.6 Å². The summed E-state index contributed by atoms with van der Waals surface area (Å²) in [6, 6.07) is 11.7. The standard InChI is InChI=1S/C18H19F3N2O2/c1-13-7-9-14(10-8-13)25-12-4-11-22-17(24)23-16-6-3-2-5-15(16)18(19,20)21/h2-3,5-10H,4,11-12H2,1H3,(H2,22,23,24). The molecule has 2 aromatic rings. The summed E-state index contributed by atoms with van der Waals surface area (Å²) in [4.78, 5) is 11.7. The molecule has 2 N–H and O–H groups in total. The first-order valence-corrected chi connectivity index (χ1v) is 7.77. The minimum Gasteiger partial charge on any atom is -0.494 e. The summed E-state index contributed by atoms with van der Waals surface area (Å²) in [7, 11) is 0. The number of ether oxygens (including phenoxy) is 1. The molecule has 2 rings (SSSR count). The molecular formula is C18H19F3N2O2. The Kier molecular flexibility index (Phi) is 6.27. The molecule has 2 aromatic carbocycles. The molecule has 0 radical (unpaired) electrons. The number of urea groups is 1. The number of alkyl halides is 3. The van der Waals surface area contributed by atoms with Gasteiger partial charge in [0.1, 0.15) is 5.75 Å². The van der Waals surface area contributed by atoms with E-state index in [1.165, 1.54) is 18.2 Å². The van der Waals surface area contributed by atoms with Gasteiger partial charge >= 0.3 is 12.2 Å². The lowest BCUT2D eigenvalue weighted by molar-refractivity contribution is -0.136. The number of hydrogen-bond acceptors (Lipinski definition) is 2. The van der Waals surface area contributed by atoms with Crippen molar-refractivity contribution in [2.45, 2.75) is 19.5 Å². The number of hydrogen-bond donors (Lipinski definition) is 2. The van der Waals surface area contributed by atoms with Crippen molar-refractivity contribution in [3.8, 4) is 5.75 Å². The van der Waals surface area contributed by atoms with Gasteiger partial charge in [0.2, 0.25) is 0 Å². The van der Waals surface area contributed by atoms with Crippen molar-refractivity contribution in [1.82, 2.24) is 5.32 Å². The van der Waals surface area contributed by atoms with Crippen LogP contribution < -0.4 is 15.4 Å². The highest BCUT2D eigenvalue weighted by atomic mass is 19.4. The first kappa shape index (κ1) is 18.6. The third kappa shape index (κ3) is 6.02. The summed E-state index contributed by atoms with van der Waals surface area (Å²) in [6.45, 7) is 2.65. The first-order valence-electron chi connectivity index (χ1n) is 7.77. The fourth-order valence-electron chi connectivity index (χ4n) is 2.10. The Bertz CT molecular complexity index is 700. The van der Waals surface area contributed by atoms with Crippen LogP contribution in [0.5, 0.6) is 5.75 Å². The molecular weight excluding hydrogens is 333 g/mol. The Labute approximate surface area is 144 Å². The number of carbonyl (C=O) groups is 1. The number of anilines is 1. The summed E-state index contributed by atoms with van der Waals surface area (Å²) >= 11 is 0. The highest BCUT2D eigenvalue weighted by molar-refractivity contribution is 5.90. The number of para-hydroxylation sites is 1. The summed E-state index contributed by atoms with van der Waals surface area (Å²) in [5.41, 5.74) is -0.0268. The Morgan fingerprint density at radius 1 is 1.08 bits per heavy atom. The molecule has 0 aliphatic heterocycles. The van der Waals surface area contributed by atoms with Crippen molar-refractivity contribution in [3.05, 3.63) is 59.7 Å². The van der Waals surface area contributed by atoms with Gasteiger partial charge in [-0.3, -0.25) is 0 Å². The van der Waals surface area contributed by atoms with E-state index in [-0.39, 0.29) is 12.2 Å². The molecule has 0 saturated carbocycles. The van der Waals surface area contributed by atoms with Crippen LogP contribution in [0.3, 0.4) is 0 Å². The van der Waals surface area contributed by atoms with Crippen LogP contribution in [-0.4, -0.2) is 19.2 Å². The molecule has 134 valence electrons. The molecule has 0 fully saturated rings. The highest BCUT2D eigenvalue weighted by Crippen LogP contribution is 2.34. The highest BCUT2D eigenvalue weighted by Gasteiger charge is 2.33. The predicted octanol–water partition coefficient (Wildman–Crippen LogP) is 4.60. The maximum atomic E-state index is 12.8. The lowest BCUT2D eigenvalue weighted by Crippen LogP contribution is -2.31. The molecule has 7 heteroatoms. The Balaban J connectivity index is 1.73. The molecule has 0 unspecified atom stereocenters. The topological polar surface area (TPSA) is 50.4 Å². The molecule has 0 aromatic heterocycles. The van der Waals surface area contributed by atoms with Crippen LogP contribution in [0.25, 0.3) is 0 Å². The average Bonchev–Trinajstić information content (AvgIpc) is 2.56. The number of amides is 2. The number of benzene rings is 2. The third-order valence-electron chi connectivity index (χ3n) is 3.38. The number of halogens is 3. The van der Waals surface area contributed by atoms with Crippen LogP contribution in [-0.2, 0) is 6.18 Å². The quantitative estimate of drug-likeness (QED) is 0.746. The SMILES string of the molecule is Cc1ccc(OCCCNC(=O)Nc2ccccc2C(F)(F)F)cc1. The maximum Gasteiger partial charge on any atom is 0.418 e. The molecule has 0 aliphatic rings. The molecule has 25 heavy (non-hydrogen) atoms. The molecule has 4 nitrogen and oxygen atoms in total. The zero-order valence-corrected chi connectivity index (χ0v) is 13.7. The Morgan fingerprint density at radius 3 is 2.44 bits per heavy atom. The van der Waals surface area contributed by atoms with E-state index in [2.05, 4.69) is 10.6 Å². The minimum atomic E-state index is -4.52. The van der Waals surface area contributed by atoms with Crippen molar-refractivity contribution in [2.24, 2.45) is 0 Å². The third-order valence-corrected chi connectivity index (χ3v) is 3.38. The van der Waals surface area contributed by atoms with Gasteiger partial charge in [0.25, 0.3) is 0 Å². The van der Waals surface area contributed by atoms with Crippen LogP contribution in [0.1, 0.15) is 17.5 Å². The lowest BCUT2D eigenvalue weighted by atomic mass is 10.1. The molecule has 0 spiro atoms. The van der Waals surface area contributed by atoms with E-state index in [4.69, 9.17) is 4.74 Å². The normalized spacial score (nSPS) is 11.0. The van der Waals surface area contributed by atoms with E-state index in [0.29, 0.717) is 13.0 Å². The van der Waals surface area contributed by atoms with Gasteiger partial charge in [0, 0.05) is 6.54 Å². The van der Waals surface area contributed by atoms with E-state index in [1.807, 2.05) is 31.2 Å². The van der Waals surface area contributed by atoms with Crippen molar-refractivity contribution < 1.29 is 22.7 Å². The lowest BCUT2D eigenvalue weighted by Gasteiger charge is -2.14. The fraction of sp³-hybridized carbons (Fsp3) is 0.278. The molecule has 0 aliphatic carbocycles. The van der Waals surface area contributed by atoms with Crippen molar-refractivity contribution in [2.75, 3.05) is 18.5 Å². The van der Waals surface area contributed by atoms with Gasteiger partial charge in [-0.25, -0.2) is 4.79 Å². The number of rotatable bonds is 6. The Morgan fingerprint density at radius 2 is 1.76 bits per heavy atom. The summed E-state index contributed by atoms with van der Waals surface area (Å²) in [5.74, 6) is 0.731. The summed E-state index contributed by atoms with van der Waals surface area (Å²) < 4.78 is 44.1. The van der Waals surface area contributed by atoms with E-state index >= 15 is 0 Å². The zero-order valence-electron chi connectivity index (χ0n) is 13.7. The van der Waals surface area contributed by atoms with Gasteiger partial charge in [-0.2, -0.15) is 13.2 Å². The molecule has 0 atom stereocenters. The van der Waals surface area contributed by atoms with E-state index in [1.54, 1.807) is 0 Å². The predicted molar refractivity (Wildman–Crippen MR) is 89.8 cm³/mol. The second-order valence-electron chi connectivity index (χ2n) is 5.44. The monoisotopic (exact) mass is 352 g/mol. The average molecular weight is 352 g/mol. The van der Waals surface area contributed by atoms with Crippen molar-refractivity contribution >= 4 is 11.7 Å². The van der Waals surface area contributed by atoms with Gasteiger partial charge in [-0.15, -0.1) is 0 Å². The van der Waals surface area contributed by atoms with Crippen LogP contribution in [0, 0.1) is 6.92 Å². The van der Waals surface area contributed by atoms with Gasteiger partial charge < -0.3 is 15.4 Å². The first-order chi connectivity index (χ1) is 11.9. The summed E-state index contributed by atoms with van der Waals surface area (Å²) in [6.07, 6.45) is -3.99. The van der Waals surface area contributed by atoms with E-state index in [9.17, 15) is 18.0 Å². The largest absolute Gasteiger partial charge is 0.494 e. The smallest absolute Gasteiger partial charge is 0.418 e. The van der Waals surface area contributed by atoms with Crippen LogP contribution in [0.4, 0.5) is 23.7 Å². The van der Waals surface area contributed by atoms with E-state index < -0.39 is 17.8 Å². The van der Waals surface area contributed by atoms with Gasteiger partial charge in [-0.1, -0.05) is 29.8 Å².